The van der Waals surface area contributed by atoms with Crippen LogP contribution in [-0.4, -0.2) is 51.1 Å². The molecule has 1 rings (SSSR count). The van der Waals surface area contributed by atoms with Gasteiger partial charge in [0.2, 0.25) is 10.0 Å². The molecular weight excluding hydrogens is 356 g/mol. The van der Waals surface area contributed by atoms with Gasteiger partial charge in [0, 0.05) is 13.1 Å². The van der Waals surface area contributed by atoms with Crippen LogP contribution in [0.25, 0.3) is 0 Å². The predicted molar refractivity (Wildman–Crippen MR) is 101 cm³/mol. The number of benzene rings is 1. The first-order valence-electron chi connectivity index (χ1n) is 8.51. The summed E-state index contributed by atoms with van der Waals surface area (Å²) in [4.78, 5) is 26.4. The molecule has 26 heavy (non-hydrogen) atoms. The van der Waals surface area contributed by atoms with E-state index in [0.29, 0.717) is 24.9 Å². The van der Waals surface area contributed by atoms with Gasteiger partial charge in [-0.05, 0) is 24.0 Å². The molecule has 0 aromatic heterocycles. The highest BCUT2D eigenvalue weighted by Crippen LogP contribution is 2.17. The number of anilines is 1. The van der Waals surface area contributed by atoms with E-state index in [0.717, 1.165) is 6.26 Å². The minimum atomic E-state index is -3.54. The van der Waals surface area contributed by atoms with Crippen LogP contribution in [0.5, 0.6) is 0 Å². The molecule has 1 aromatic rings. The number of carbonyl (C=O) groups excluding carboxylic acids is 2. The van der Waals surface area contributed by atoms with Crippen molar-refractivity contribution in [1.29, 1.82) is 0 Å². The van der Waals surface area contributed by atoms with Gasteiger partial charge in [0.05, 0.1) is 17.5 Å². The van der Waals surface area contributed by atoms with Crippen LogP contribution in [0.2, 0.25) is 0 Å². The first-order chi connectivity index (χ1) is 12.0. The molecule has 0 saturated carbocycles. The van der Waals surface area contributed by atoms with Gasteiger partial charge in [-0.1, -0.05) is 39.8 Å². The topological polar surface area (TPSA) is 92.8 Å². The van der Waals surface area contributed by atoms with Crippen molar-refractivity contribution in [2.24, 2.45) is 11.8 Å². The van der Waals surface area contributed by atoms with E-state index in [-0.39, 0.29) is 23.8 Å². The summed E-state index contributed by atoms with van der Waals surface area (Å²) in [7, 11) is -3.54. The van der Waals surface area contributed by atoms with Crippen LogP contribution in [0.3, 0.4) is 0 Å². The lowest BCUT2D eigenvalue weighted by atomic mass is 10.1. The zero-order valence-corrected chi connectivity index (χ0v) is 16.8. The third-order valence-corrected chi connectivity index (χ3v) is 3.88. The van der Waals surface area contributed by atoms with E-state index in [4.69, 9.17) is 4.74 Å². The Labute approximate surface area is 155 Å². The molecule has 8 heteroatoms. The maximum Gasteiger partial charge on any atom is 0.340 e. The molecule has 1 amide bonds. The molecule has 0 saturated heterocycles. The first kappa shape index (κ1) is 22.0. The van der Waals surface area contributed by atoms with Gasteiger partial charge in [0.1, 0.15) is 0 Å². The van der Waals surface area contributed by atoms with Crippen molar-refractivity contribution in [2.75, 3.05) is 30.7 Å². The zero-order valence-electron chi connectivity index (χ0n) is 16.0. The van der Waals surface area contributed by atoms with Gasteiger partial charge in [-0.3, -0.25) is 9.52 Å². The first-order valence-corrected chi connectivity index (χ1v) is 10.4. The van der Waals surface area contributed by atoms with Crippen molar-refractivity contribution >= 4 is 27.6 Å². The van der Waals surface area contributed by atoms with E-state index in [1.165, 1.54) is 12.1 Å². The Morgan fingerprint density at radius 2 is 1.62 bits per heavy atom. The van der Waals surface area contributed by atoms with Gasteiger partial charge >= 0.3 is 5.97 Å². The zero-order chi connectivity index (χ0) is 19.9. The average Bonchev–Trinajstić information content (AvgIpc) is 2.49. The van der Waals surface area contributed by atoms with Gasteiger partial charge in [-0.15, -0.1) is 0 Å². The number of nitrogens with zero attached hydrogens (tertiary/aromatic N) is 1. The number of nitrogens with one attached hydrogen (secondary N) is 1. The fourth-order valence-electron chi connectivity index (χ4n) is 2.41. The van der Waals surface area contributed by atoms with E-state index in [1.807, 2.05) is 27.7 Å². The summed E-state index contributed by atoms with van der Waals surface area (Å²) >= 11 is 0. The second-order valence-corrected chi connectivity index (χ2v) is 8.83. The Hall–Kier alpha value is -2.09. The van der Waals surface area contributed by atoms with Crippen molar-refractivity contribution in [3.63, 3.8) is 0 Å². The molecule has 0 heterocycles. The number of sulfonamides is 1. The van der Waals surface area contributed by atoms with Gasteiger partial charge < -0.3 is 9.64 Å². The smallest absolute Gasteiger partial charge is 0.340 e. The van der Waals surface area contributed by atoms with E-state index >= 15 is 0 Å². The molecule has 0 aliphatic carbocycles. The lowest BCUT2D eigenvalue weighted by molar-refractivity contribution is -0.135. The number of esters is 1. The molecule has 7 nitrogen and oxygen atoms in total. The summed E-state index contributed by atoms with van der Waals surface area (Å²) in [5.74, 6) is -0.422. The number of hydrogen-bond donors (Lipinski definition) is 1. The molecule has 1 N–H and O–H groups in total. The standard InChI is InChI=1S/C18H28N2O5S/c1-13(2)10-20(11-14(3)4)17(21)12-25-18(22)15-8-6-7-9-16(15)19-26(5,23)24/h6-9,13-14,19H,10-12H2,1-5H3. The molecule has 0 unspecified atom stereocenters. The number of para-hydroxylation sites is 1. The summed E-state index contributed by atoms with van der Waals surface area (Å²) in [6.07, 6.45) is 0.994. The molecule has 146 valence electrons. The number of hydrogen-bond acceptors (Lipinski definition) is 5. The van der Waals surface area contributed by atoms with Gasteiger partial charge in [0.15, 0.2) is 6.61 Å². The van der Waals surface area contributed by atoms with Crippen molar-refractivity contribution < 1.29 is 22.7 Å². The maximum atomic E-state index is 12.4. The molecule has 0 radical (unpaired) electrons. The SMILES string of the molecule is CC(C)CN(CC(C)C)C(=O)COC(=O)c1ccccc1NS(C)(=O)=O. The average molecular weight is 384 g/mol. The number of ether oxygens (including phenoxy) is 1. The Morgan fingerprint density at radius 1 is 1.08 bits per heavy atom. The van der Waals surface area contributed by atoms with Crippen molar-refractivity contribution in [3.8, 4) is 0 Å². The van der Waals surface area contributed by atoms with Gasteiger partial charge in [0.25, 0.3) is 5.91 Å². The minimum absolute atomic E-state index is 0.0602. The summed E-state index contributed by atoms with van der Waals surface area (Å²) in [5, 5.41) is 0. The second-order valence-electron chi connectivity index (χ2n) is 7.08. The Balaban J connectivity index is 2.80. The highest BCUT2D eigenvalue weighted by atomic mass is 32.2. The van der Waals surface area contributed by atoms with Crippen LogP contribution >= 0.6 is 0 Å². The Morgan fingerprint density at radius 3 is 2.12 bits per heavy atom. The maximum absolute atomic E-state index is 12.4. The third kappa shape index (κ3) is 7.86. The minimum Gasteiger partial charge on any atom is -0.452 e. The lowest BCUT2D eigenvalue weighted by Gasteiger charge is -2.26. The third-order valence-electron chi connectivity index (χ3n) is 3.29. The normalized spacial score (nSPS) is 11.5. The highest BCUT2D eigenvalue weighted by molar-refractivity contribution is 7.92. The van der Waals surface area contributed by atoms with Crippen LogP contribution < -0.4 is 4.72 Å². The molecular formula is C18H28N2O5S. The van der Waals surface area contributed by atoms with Gasteiger partial charge in [-0.2, -0.15) is 0 Å². The van der Waals surface area contributed by atoms with Crippen molar-refractivity contribution in [2.45, 2.75) is 27.7 Å². The van der Waals surface area contributed by atoms with Crippen molar-refractivity contribution in [1.82, 2.24) is 4.90 Å². The van der Waals surface area contributed by atoms with Crippen LogP contribution in [0, 0.1) is 11.8 Å². The highest BCUT2D eigenvalue weighted by Gasteiger charge is 2.20. The number of rotatable bonds is 9. The second kappa shape index (κ2) is 9.56. The molecule has 0 aliphatic heterocycles. The van der Waals surface area contributed by atoms with Gasteiger partial charge in [-0.25, -0.2) is 13.2 Å². The predicted octanol–water partition coefficient (Wildman–Crippen LogP) is 2.36. The summed E-state index contributed by atoms with van der Waals surface area (Å²) < 4.78 is 30.2. The fourth-order valence-corrected chi connectivity index (χ4v) is 2.98. The summed E-state index contributed by atoms with van der Waals surface area (Å²) in [6, 6.07) is 6.10. The number of amides is 1. The largest absolute Gasteiger partial charge is 0.452 e. The molecule has 0 spiro atoms. The molecule has 0 atom stereocenters. The quantitative estimate of drug-likeness (QED) is 0.660. The lowest BCUT2D eigenvalue weighted by Crippen LogP contribution is -2.39. The summed E-state index contributed by atoms with van der Waals surface area (Å²) in [6.45, 7) is 8.84. The summed E-state index contributed by atoms with van der Waals surface area (Å²) in [5.41, 5.74) is 0.179. The van der Waals surface area contributed by atoms with E-state index < -0.39 is 16.0 Å². The molecule has 0 fully saturated rings. The fraction of sp³-hybridized carbons (Fsp3) is 0.556. The molecule has 1 aromatic carbocycles. The molecule has 0 bridgehead atoms. The molecule has 0 aliphatic rings. The van der Waals surface area contributed by atoms with Crippen LogP contribution in [-0.2, 0) is 19.6 Å². The number of carbonyl (C=O) groups is 2. The van der Waals surface area contributed by atoms with E-state index in [9.17, 15) is 18.0 Å². The Bertz CT molecular complexity index is 719. The van der Waals surface area contributed by atoms with Crippen LogP contribution in [0.15, 0.2) is 24.3 Å². The Kier molecular flexibility index (Phi) is 8.08. The van der Waals surface area contributed by atoms with E-state index in [1.54, 1.807) is 17.0 Å². The van der Waals surface area contributed by atoms with E-state index in [2.05, 4.69) is 4.72 Å². The van der Waals surface area contributed by atoms with Crippen LogP contribution in [0.4, 0.5) is 5.69 Å². The monoisotopic (exact) mass is 384 g/mol. The van der Waals surface area contributed by atoms with Crippen molar-refractivity contribution in [3.05, 3.63) is 29.8 Å². The van der Waals surface area contributed by atoms with Crippen LogP contribution in [0.1, 0.15) is 38.1 Å².